The molecule has 3 aromatic rings. The largest absolute Gasteiger partial charge is 0.465 e. The number of benzene rings is 1. The predicted molar refractivity (Wildman–Crippen MR) is 109 cm³/mol. The number of fused-ring (bicyclic) bond motifs is 1. The lowest BCUT2D eigenvalue weighted by molar-refractivity contribution is -0.998. The highest BCUT2D eigenvalue weighted by atomic mass is 35.5. The summed E-state index contributed by atoms with van der Waals surface area (Å²) in [6.07, 6.45) is -3.53. The first-order chi connectivity index (χ1) is 14.2. The zero-order chi connectivity index (χ0) is 21.6. The van der Waals surface area contributed by atoms with Gasteiger partial charge in [0.1, 0.15) is 13.1 Å². The second kappa shape index (κ2) is 7.60. The lowest BCUT2D eigenvalue weighted by Gasteiger charge is -2.48. The number of thiophene rings is 1. The molecule has 3 heterocycles. The maximum absolute atomic E-state index is 14.8. The van der Waals surface area contributed by atoms with E-state index in [-0.39, 0.29) is 30.1 Å². The number of anilines is 1. The Bertz CT molecular complexity index is 1000. The third-order valence-electron chi connectivity index (χ3n) is 5.26. The summed E-state index contributed by atoms with van der Waals surface area (Å²) >= 11 is 14.2. The molecule has 0 radical (unpaired) electrons. The number of rotatable bonds is 4. The molecular weight excluding hydrogens is 460 g/mol. The van der Waals surface area contributed by atoms with Crippen molar-refractivity contribution in [2.24, 2.45) is 0 Å². The van der Waals surface area contributed by atoms with Crippen molar-refractivity contribution in [1.82, 2.24) is 0 Å². The lowest BCUT2D eigenvalue weighted by Crippen LogP contribution is -2.65. The van der Waals surface area contributed by atoms with E-state index in [1.165, 1.54) is 41.9 Å². The summed E-state index contributed by atoms with van der Waals surface area (Å²) in [6.45, 7) is -0.966. The second-order valence-corrected chi connectivity index (χ2v) is 8.81. The van der Waals surface area contributed by atoms with Gasteiger partial charge in [-0.15, -0.1) is 0 Å². The van der Waals surface area contributed by atoms with Crippen molar-refractivity contribution in [2.75, 3.05) is 11.0 Å². The Balaban J connectivity index is 2.03. The topological polar surface area (TPSA) is 33.5 Å². The summed E-state index contributed by atoms with van der Waals surface area (Å²) in [5.41, 5.74) is 0.275. The Morgan fingerprint density at radius 3 is 2.57 bits per heavy atom. The molecule has 10 heteroatoms. The number of amides is 1. The summed E-state index contributed by atoms with van der Waals surface area (Å²) in [5.74, 6) is -0.398. The number of alkyl halides is 4. The molecule has 30 heavy (non-hydrogen) atoms. The molecule has 0 aliphatic carbocycles. The van der Waals surface area contributed by atoms with E-state index in [9.17, 15) is 18.0 Å². The van der Waals surface area contributed by atoms with Crippen LogP contribution in [-0.2, 0) is 22.9 Å². The lowest BCUT2D eigenvalue weighted by atomic mass is 9.98. The van der Waals surface area contributed by atoms with Crippen LogP contribution in [0.4, 0.5) is 18.9 Å². The van der Waals surface area contributed by atoms with Gasteiger partial charge in [-0.1, -0.05) is 12.1 Å². The van der Waals surface area contributed by atoms with Gasteiger partial charge in [0.15, 0.2) is 12.3 Å². The Morgan fingerprint density at radius 2 is 1.93 bits per heavy atom. The van der Waals surface area contributed by atoms with Crippen LogP contribution >= 0.6 is 34.7 Å². The average Bonchev–Trinajstić information content (AvgIpc) is 3.38. The van der Waals surface area contributed by atoms with Crippen molar-refractivity contribution < 1.29 is 26.9 Å². The minimum atomic E-state index is -4.91. The maximum Gasteiger partial charge on any atom is 0.465 e. The third kappa shape index (κ3) is 3.32. The highest BCUT2D eigenvalue weighted by Crippen LogP contribution is 2.57. The number of furan rings is 1. The number of carbonyl (C=O) groups is 1. The molecule has 2 atom stereocenters. The summed E-state index contributed by atoms with van der Waals surface area (Å²) in [7, 11) is 0. The predicted octanol–water partition coefficient (Wildman–Crippen LogP) is 6.01. The number of halogens is 5. The van der Waals surface area contributed by atoms with Gasteiger partial charge >= 0.3 is 6.18 Å². The van der Waals surface area contributed by atoms with Crippen molar-refractivity contribution in [3.8, 4) is 0 Å². The van der Waals surface area contributed by atoms with Crippen LogP contribution in [0.5, 0.6) is 0 Å². The molecule has 1 aliphatic heterocycles. The fourth-order valence-corrected chi connectivity index (χ4v) is 5.18. The van der Waals surface area contributed by atoms with E-state index in [1.807, 2.05) is 0 Å². The van der Waals surface area contributed by atoms with Gasteiger partial charge in [0.2, 0.25) is 0 Å². The van der Waals surface area contributed by atoms with Gasteiger partial charge in [0.05, 0.1) is 17.5 Å². The minimum Gasteiger partial charge on any atom is -0.463 e. The van der Waals surface area contributed by atoms with Crippen molar-refractivity contribution >= 4 is 46.3 Å². The third-order valence-corrected chi connectivity index (χ3v) is 7.14. The van der Waals surface area contributed by atoms with Gasteiger partial charge in [-0.25, -0.2) is 4.42 Å². The molecule has 1 amide bonds. The van der Waals surface area contributed by atoms with E-state index in [1.54, 1.807) is 29.0 Å². The molecule has 0 saturated heterocycles. The van der Waals surface area contributed by atoms with Gasteiger partial charge < -0.3 is 4.42 Å². The molecule has 158 valence electrons. The van der Waals surface area contributed by atoms with E-state index in [0.717, 1.165) is 4.42 Å². The summed E-state index contributed by atoms with van der Waals surface area (Å²) in [4.78, 5) is 10.0. The number of quaternary nitrogens is 1. The highest BCUT2D eigenvalue weighted by molar-refractivity contribution is 7.07. The molecular formula is C20H16Cl2F3N2O2S+. The second-order valence-electron chi connectivity index (χ2n) is 7.14. The molecule has 4 rings (SSSR count). The monoisotopic (exact) mass is 475 g/mol. The van der Waals surface area contributed by atoms with Gasteiger partial charge in [0.25, 0.3) is 10.9 Å². The van der Waals surface area contributed by atoms with Crippen LogP contribution in [0.25, 0.3) is 0 Å². The molecule has 0 saturated carbocycles. The number of para-hydroxylation sites is 1. The number of carbonyl (C=O) groups excluding carboxylic acids is 1. The molecule has 1 aromatic carbocycles. The van der Waals surface area contributed by atoms with Crippen LogP contribution in [0.3, 0.4) is 0 Å². The quantitative estimate of drug-likeness (QED) is 0.200. The van der Waals surface area contributed by atoms with Crippen molar-refractivity contribution in [1.29, 1.82) is 0 Å². The molecule has 2 unspecified atom stereocenters. The van der Waals surface area contributed by atoms with E-state index >= 15 is 0 Å². The highest BCUT2D eigenvalue weighted by Gasteiger charge is 2.71. The average molecular weight is 476 g/mol. The first-order valence-electron chi connectivity index (χ1n) is 8.91. The summed E-state index contributed by atoms with van der Waals surface area (Å²) in [5, 5.41) is 3.51. The summed E-state index contributed by atoms with van der Waals surface area (Å²) < 4.78 is 49.8. The van der Waals surface area contributed by atoms with Crippen molar-refractivity contribution in [2.45, 2.75) is 24.3 Å². The van der Waals surface area contributed by atoms with E-state index in [0.29, 0.717) is 5.56 Å². The molecule has 0 fully saturated rings. The first-order valence-corrected chi connectivity index (χ1v) is 10.6. The fraction of sp³-hybridized carbons (Fsp3) is 0.250. The normalized spacial score (nSPS) is 24.6. The molecule has 4 nitrogen and oxygen atoms in total. The number of hydrogen-bond donors (Lipinski definition) is 0. The van der Waals surface area contributed by atoms with E-state index < -0.39 is 28.1 Å². The Hall–Kier alpha value is -2.00. The molecule has 0 N–H and O–H groups in total. The van der Waals surface area contributed by atoms with Crippen LogP contribution in [-0.4, -0.2) is 23.1 Å². The van der Waals surface area contributed by atoms with Crippen LogP contribution in [0.1, 0.15) is 16.9 Å². The van der Waals surface area contributed by atoms with Crippen LogP contribution in [0.15, 0.2) is 63.9 Å². The SMILES string of the molecule is O=C1C[N+](Cc2ccsc2)(Cc2ccco2)C(Cl)(C(F)(F)F)c2ccccc2N1Cl. The van der Waals surface area contributed by atoms with Gasteiger partial charge in [-0.05, 0) is 52.7 Å². The molecule has 1 aliphatic rings. The zero-order valence-corrected chi connectivity index (χ0v) is 17.7. The smallest absolute Gasteiger partial charge is 0.463 e. The van der Waals surface area contributed by atoms with Crippen LogP contribution in [0, 0.1) is 0 Å². The van der Waals surface area contributed by atoms with Crippen molar-refractivity contribution in [3.63, 3.8) is 0 Å². The Labute approximate surface area is 184 Å². The molecule has 0 bridgehead atoms. The van der Waals surface area contributed by atoms with Crippen molar-refractivity contribution in [3.05, 3.63) is 76.4 Å². The summed E-state index contributed by atoms with van der Waals surface area (Å²) in [6, 6.07) is 10.5. The fourth-order valence-electron chi connectivity index (χ4n) is 3.98. The van der Waals surface area contributed by atoms with E-state index in [4.69, 9.17) is 27.8 Å². The van der Waals surface area contributed by atoms with Crippen LogP contribution in [0.2, 0.25) is 0 Å². The van der Waals surface area contributed by atoms with Gasteiger partial charge in [-0.2, -0.15) is 24.5 Å². The minimum absolute atomic E-state index is 0.0822. The Morgan fingerprint density at radius 1 is 1.17 bits per heavy atom. The van der Waals surface area contributed by atoms with Gasteiger partial charge in [0, 0.05) is 17.3 Å². The number of nitrogens with zero attached hydrogens (tertiary/aromatic N) is 2. The van der Waals surface area contributed by atoms with E-state index in [2.05, 4.69) is 0 Å². The first kappa shape index (κ1) is 21.2. The molecule has 2 aromatic heterocycles. The molecule has 0 spiro atoms. The zero-order valence-electron chi connectivity index (χ0n) is 15.4. The maximum atomic E-state index is 14.8. The van der Waals surface area contributed by atoms with Gasteiger partial charge in [-0.3, -0.25) is 9.28 Å². The van der Waals surface area contributed by atoms with Crippen LogP contribution < -0.4 is 4.42 Å². The number of hydrogen-bond acceptors (Lipinski definition) is 3. The standard InChI is InChI=1S/C20H16Cl2F3N2O2S/c21-19(20(23,24)25)16-5-1-2-6-17(16)26(22)18(28)12-27(19,10-14-7-9-30-13-14)11-15-4-3-8-29-15/h1-9,13H,10-12H2/q+1. The Kier molecular flexibility index (Phi) is 5.38.